The van der Waals surface area contributed by atoms with Crippen molar-refractivity contribution in [3.05, 3.63) is 68.7 Å². The minimum Gasteiger partial charge on any atom is -0.296 e. The molecule has 0 fully saturated rings. The van der Waals surface area contributed by atoms with E-state index in [1.54, 1.807) is 24.3 Å². The molecular weight excluding hydrogens is 249 g/mol. The Morgan fingerprint density at radius 3 is 2.63 bits per heavy atom. The molecular formula is C13H10FN3O2. The second kappa shape index (κ2) is 5.31. The van der Waals surface area contributed by atoms with E-state index in [-0.39, 0.29) is 6.54 Å². The maximum atomic E-state index is 13.1. The van der Waals surface area contributed by atoms with Gasteiger partial charge in [0.25, 0.3) is 5.56 Å². The molecule has 1 atom stereocenters. The molecule has 19 heavy (non-hydrogen) atoms. The summed E-state index contributed by atoms with van der Waals surface area (Å²) in [4.78, 5) is 24.3. The first kappa shape index (κ1) is 12.8. The smallest absolute Gasteiger partial charge is 0.296 e. The molecule has 0 amide bonds. The van der Waals surface area contributed by atoms with Gasteiger partial charge in [-0.3, -0.25) is 14.3 Å². The molecule has 6 heteroatoms. The number of halogens is 1. The molecule has 0 aliphatic carbocycles. The number of nitriles is 1. The molecule has 0 aliphatic heterocycles. The summed E-state index contributed by atoms with van der Waals surface area (Å²) in [5.74, 6) is -1.64. The summed E-state index contributed by atoms with van der Waals surface area (Å²) >= 11 is 0. The molecule has 0 aliphatic rings. The number of H-pyrrole nitrogens is 1. The van der Waals surface area contributed by atoms with Crippen LogP contribution in [0.2, 0.25) is 0 Å². The van der Waals surface area contributed by atoms with Crippen LogP contribution in [0.1, 0.15) is 11.5 Å². The van der Waals surface area contributed by atoms with E-state index in [1.807, 2.05) is 11.1 Å². The number of nitrogens with zero attached hydrogens (tertiary/aromatic N) is 2. The highest BCUT2D eigenvalue weighted by Gasteiger charge is 2.13. The Bertz CT molecular complexity index is 728. The van der Waals surface area contributed by atoms with Gasteiger partial charge in [-0.2, -0.15) is 9.65 Å². The molecule has 0 bridgehead atoms. The molecule has 96 valence electrons. The fourth-order valence-electron chi connectivity index (χ4n) is 1.72. The van der Waals surface area contributed by atoms with Crippen LogP contribution in [0, 0.1) is 17.1 Å². The second-order valence-corrected chi connectivity index (χ2v) is 3.98. The Morgan fingerprint density at radius 2 is 2.00 bits per heavy atom. The summed E-state index contributed by atoms with van der Waals surface area (Å²) in [6.45, 7) is -0.0208. The fourth-order valence-corrected chi connectivity index (χ4v) is 1.72. The van der Waals surface area contributed by atoms with Crippen molar-refractivity contribution in [3.8, 4) is 6.07 Å². The molecule has 1 aromatic heterocycles. The van der Waals surface area contributed by atoms with Crippen LogP contribution in [0.25, 0.3) is 0 Å². The van der Waals surface area contributed by atoms with E-state index in [0.29, 0.717) is 0 Å². The first-order valence-corrected chi connectivity index (χ1v) is 5.55. The van der Waals surface area contributed by atoms with Crippen molar-refractivity contribution < 1.29 is 4.39 Å². The molecule has 2 aromatic rings. The highest BCUT2D eigenvalue weighted by molar-refractivity contribution is 5.24. The predicted octanol–water partition coefficient (Wildman–Crippen LogP) is 0.983. The minimum atomic E-state index is -1.06. The summed E-state index contributed by atoms with van der Waals surface area (Å²) in [5.41, 5.74) is -1.07. The van der Waals surface area contributed by atoms with E-state index in [2.05, 4.69) is 6.07 Å². The van der Waals surface area contributed by atoms with E-state index < -0.39 is 23.0 Å². The molecule has 1 unspecified atom stereocenters. The molecule has 1 N–H and O–H groups in total. The zero-order valence-corrected chi connectivity index (χ0v) is 9.84. The van der Waals surface area contributed by atoms with Gasteiger partial charge in [-0.15, -0.1) is 0 Å². The predicted molar refractivity (Wildman–Crippen MR) is 66.1 cm³/mol. The number of nitrogens with one attached hydrogen (secondary N) is 1. The summed E-state index contributed by atoms with van der Waals surface area (Å²) in [6.07, 6.45) is 0.814. The van der Waals surface area contributed by atoms with Gasteiger partial charge < -0.3 is 0 Å². The highest BCUT2D eigenvalue weighted by Crippen LogP contribution is 2.15. The van der Waals surface area contributed by atoms with Gasteiger partial charge in [-0.25, -0.2) is 4.79 Å². The van der Waals surface area contributed by atoms with Gasteiger partial charge in [-0.05, 0) is 5.56 Å². The first-order valence-electron chi connectivity index (χ1n) is 5.55. The van der Waals surface area contributed by atoms with E-state index in [4.69, 9.17) is 5.26 Å². The third-order valence-electron chi connectivity index (χ3n) is 2.70. The van der Waals surface area contributed by atoms with E-state index in [9.17, 15) is 14.0 Å². The lowest BCUT2D eigenvalue weighted by atomic mass is 10.0. The van der Waals surface area contributed by atoms with Crippen molar-refractivity contribution in [1.29, 1.82) is 5.26 Å². The number of hydrogen-bond acceptors (Lipinski definition) is 3. The van der Waals surface area contributed by atoms with Gasteiger partial charge >= 0.3 is 5.69 Å². The molecule has 1 heterocycles. The molecule has 0 radical (unpaired) electrons. The number of rotatable bonds is 3. The maximum Gasteiger partial charge on any atom is 0.328 e. The van der Waals surface area contributed by atoms with Crippen LogP contribution < -0.4 is 11.2 Å². The summed E-state index contributed by atoms with van der Waals surface area (Å²) < 4.78 is 14.1. The van der Waals surface area contributed by atoms with Crippen molar-refractivity contribution in [2.45, 2.75) is 12.5 Å². The van der Waals surface area contributed by atoms with Crippen LogP contribution in [-0.2, 0) is 6.54 Å². The average molecular weight is 259 g/mol. The lowest BCUT2D eigenvalue weighted by Crippen LogP contribution is -2.32. The zero-order valence-electron chi connectivity index (χ0n) is 9.84. The van der Waals surface area contributed by atoms with Crippen molar-refractivity contribution in [2.24, 2.45) is 0 Å². The normalized spacial score (nSPS) is 11.8. The Labute approximate surface area is 107 Å². The minimum absolute atomic E-state index is 0.0208. The Balaban J connectivity index is 2.35. The van der Waals surface area contributed by atoms with Crippen LogP contribution in [0.15, 0.2) is 46.1 Å². The summed E-state index contributed by atoms with van der Waals surface area (Å²) in [6, 6.07) is 10.9. The topological polar surface area (TPSA) is 78.7 Å². The van der Waals surface area contributed by atoms with Crippen molar-refractivity contribution in [2.75, 3.05) is 0 Å². The standard InChI is InChI=1S/C13H10FN3O2/c14-11-8-17(13(19)16-12(11)18)7-10(6-15)9-4-2-1-3-5-9/h1-5,8,10H,7H2,(H,16,18,19). The summed E-state index contributed by atoms with van der Waals surface area (Å²) in [5, 5.41) is 9.12. The van der Waals surface area contributed by atoms with E-state index in [1.165, 1.54) is 0 Å². The average Bonchev–Trinajstić information content (AvgIpc) is 2.42. The Hall–Kier alpha value is -2.68. The first-order chi connectivity index (χ1) is 9.11. The van der Waals surface area contributed by atoms with Crippen molar-refractivity contribution in [3.63, 3.8) is 0 Å². The highest BCUT2D eigenvalue weighted by atomic mass is 19.1. The van der Waals surface area contributed by atoms with Crippen molar-refractivity contribution >= 4 is 0 Å². The number of aromatic nitrogens is 2. The van der Waals surface area contributed by atoms with Crippen LogP contribution in [0.4, 0.5) is 4.39 Å². The monoisotopic (exact) mass is 259 g/mol. The largest absolute Gasteiger partial charge is 0.328 e. The van der Waals surface area contributed by atoms with Gasteiger partial charge in [0.05, 0.1) is 18.2 Å². The van der Waals surface area contributed by atoms with E-state index in [0.717, 1.165) is 16.3 Å². The van der Waals surface area contributed by atoms with E-state index >= 15 is 0 Å². The molecule has 5 nitrogen and oxygen atoms in total. The molecule has 2 rings (SSSR count). The second-order valence-electron chi connectivity index (χ2n) is 3.98. The third-order valence-corrected chi connectivity index (χ3v) is 2.70. The lowest BCUT2D eigenvalue weighted by Gasteiger charge is -2.11. The molecule has 0 saturated carbocycles. The summed E-state index contributed by atoms with van der Waals surface area (Å²) in [7, 11) is 0. The zero-order chi connectivity index (χ0) is 13.8. The number of hydrogen-bond donors (Lipinski definition) is 1. The van der Waals surface area contributed by atoms with Crippen LogP contribution in [-0.4, -0.2) is 9.55 Å². The molecule has 0 saturated heterocycles. The van der Waals surface area contributed by atoms with Crippen LogP contribution in [0.3, 0.4) is 0 Å². The quantitative estimate of drug-likeness (QED) is 0.892. The Kier molecular flexibility index (Phi) is 3.57. The number of aromatic amines is 1. The van der Waals surface area contributed by atoms with Gasteiger partial charge in [0.15, 0.2) is 0 Å². The third kappa shape index (κ3) is 2.77. The Morgan fingerprint density at radius 1 is 1.32 bits per heavy atom. The molecule has 1 aromatic carbocycles. The fraction of sp³-hybridized carbons (Fsp3) is 0.154. The van der Waals surface area contributed by atoms with Crippen molar-refractivity contribution in [1.82, 2.24) is 9.55 Å². The SMILES string of the molecule is N#CC(Cn1cc(F)c(=O)[nH]c1=O)c1ccccc1. The lowest BCUT2D eigenvalue weighted by molar-refractivity contribution is 0.537. The maximum absolute atomic E-state index is 13.1. The molecule has 0 spiro atoms. The van der Waals surface area contributed by atoms with Gasteiger partial charge in [0.1, 0.15) is 0 Å². The number of benzene rings is 1. The van der Waals surface area contributed by atoms with Crippen LogP contribution in [0.5, 0.6) is 0 Å². The van der Waals surface area contributed by atoms with Gasteiger partial charge in [-0.1, -0.05) is 30.3 Å². The van der Waals surface area contributed by atoms with Gasteiger partial charge in [0, 0.05) is 6.54 Å². The van der Waals surface area contributed by atoms with Crippen LogP contribution >= 0.6 is 0 Å². The van der Waals surface area contributed by atoms with Gasteiger partial charge in [0.2, 0.25) is 5.82 Å².